The Kier molecular flexibility index (Phi) is 8.88. The normalized spacial score (nSPS) is 22.6. The molecule has 6 heteroatoms. The third kappa shape index (κ3) is 5.27. The number of halogens is 2. The van der Waals surface area contributed by atoms with Gasteiger partial charge in [-0.15, -0.1) is 24.8 Å². The number of amides is 1. The van der Waals surface area contributed by atoms with Gasteiger partial charge in [-0.2, -0.15) is 0 Å². The summed E-state index contributed by atoms with van der Waals surface area (Å²) in [6.07, 6.45) is 2.91. The van der Waals surface area contributed by atoms with E-state index in [0.717, 1.165) is 56.5 Å². The molecular weight excluding hydrogens is 345 g/mol. The number of fused-ring (bicyclic) bond motifs is 1. The van der Waals surface area contributed by atoms with Gasteiger partial charge < -0.3 is 15.5 Å². The van der Waals surface area contributed by atoms with Crippen LogP contribution in [0.4, 0.5) is 5.69 Å². The van der Waals surface area contributed by atoms with Crippen LogP contribution in [0.15, 0.2) is 24.3 Å². The summed E-state index contributed by atoms with van der Waals surface area (Å²) < 4.78 is 0. The monoisotopic (exact) mass is 373 g/mol. The van der Waals surface area contributed by atoms with Crippen LogP contribution in [0.1, 0.15) is 24.8 Å². The molecule has 1 aromatic carbocycles. The molecule has 0 aliphatic carbocycles. The molecular formula is C18H29Cl2N3O. The first-order chi connectivity index (χ1) is 10.7. The minimum atomic E-state index is 0. The van der Waals surface area contributed by atoms with E-state index in [4.69, 9.17) is 0 Å². The fourth-order valence-corrected chi connectivity index (χ4v) is 3.70. The molecule has 0 unspecified atom stereocenters. The van der Waals surface area contributed by atoms with Gasteiger partial charge in [0, 0.05) is 31.7 Å². The number of likely N-dealkylation sites (tertiary alicyclic amines) is 1. The van der Waals surface area contributed by atoms with Gasteiger partial charge in [-0.1, -0.05) is 18.2 Å². The number of hydrogen-bond acceptors (Lipinski definition) is 3. The minimum absolute atomic E-state index is 0. The third-order valence-electron chi connectivity index (χ3n) is 5.17. The number of carbonyl (C=O) groups is 1. The molecule has 2 N–H and O–H groups in total. The molecule has 3 rings (SSSR count). The Morgan fingerprint density at radius 3 is 2.42 bits per heavy atom. The topological polar surface area (TPSA) is 44.4 Å². The number of anilines is 1. The number of benzene rings is 1. The lowest BCUT2D eigenvalue weighted by Crippen LogP contribution is -2.33. The second kappa shape index (κ2) is 10.1. The van der Waals surface area contributed by atoms with Crippen molar-refractivity contribution in [2.45, 2.75) is 26.2 Å². The van der Waals surface area contributed by atoms with E-state index in [0.29, 0.717) is 18.9 Å². The van der Waals surface area contributed by atoms with Crippen molar-refractivity contribution in [2.75, 3.05) is 38.0 Å². The van der Waals surface area contributed by atoms with E-state index in [9.17, 15) is 4.79 Å². The van der Waals surface area contributed by atoms with Crippen molar-refractivity contribution in [3.05, 3.63) is 29.8 Å². The van der Waals surface area contributed by atoms with Gasteiger partial charge in [-0.25, -0.2) is 0 Å². The molecule has 136 valence electrons. The molecule has 0 radical (unpaired) electrons. The molecule has 0 bridgehead atoms. The Labute approximate surface area is 157 Å². The van der Waals surface area contributed by atoms with Gasteiger partial charge in [0.05, 0.1) is 0 Å². The first-order valence-electron chi connectivity index (χ1n) is 8.52. The van der Waals surface area contributed by atoms with Crippen LogP contribution in [-0.4, -0.2) is 43.5 Å². The van der Waals surface area contributed by atoms with Crippen molar-refractivity contribution in [3.8, 4) is 0 Å². The maximum Gasteiger partial charge on any atom is 0.224 e. The number of carbonyl (C=O) groups excluding carboxylic acids is 1. The molecule has 0 aromatic heterocycles. The van der Waals surface area contributed by atoms with Crippen molar-refractivity contribution in [1.29, 1.82) is 0 Å². The fourth-order valence-electron chi connectivity index (χ4n) is 3.70. The van der Waals surface area contributed by atoms with Gasteiger partial charge in [0.15, 0.2) is 0 Å². The van der Waals surface area contributed by atoms with Crippen LogP contribution in [0.5, 0.6) is 0 Å². The molecule has 0 saturated carbocycles. The smallest absolute Gasteiger partial charge is 0.224 e. The summed E-state index contributed by atoms with van der Waals surface area (Å²) in [5.41, 5.74) is 2.36. The Hall–Kier alpha value is -0.970. The molecule has 2 atom stereocenters. The summed E-state index contributed by atoms with van der Waals surface area (Å²) in [7, 11) is 0. The van der Waals surface area contributed by atoms with E-state index in [2.05, 4.69) is 34.6 Å². The largest absolute Gasteiger partial charge is 0.384 e. The number of nitrogens with zero attached hydrogens (tertiary/aromatic N) is 1. The summed E-state index contributed by atoms with van der Waals surface area (Å²) in [6, 6.07) is 8.22. The summed E-state index contributed by atoms with van der Waals surface area (Å²) in [5.74, 6) is 1.86. The lowest BCUT2D eigenvalue weighted by molar-refractivity contribution is -0.130. The molecule has 2 aliphatic heterocycles. The second-order valence-electron chi connectivity index (χ2n) is 6.63. The van der Waals surface area contributed by atoms with E-state index in [-0.39, 0.29) is 24.8 Å². The molecule has 4 nitrogen and oxygen atoms in total. The van der Waals surface area contributed by atoms with E-state index in [1.165, 1.54) is 5.56 Å². The van der Waals surface area contributed by atoms with Crippen molar-refractivity contribution in [1.82, 2.24) is 10.2 Å². The van der Waals surface area contributed by atoms with Crippen LogP contribution in [0, 0.1) is 18.8 Å². The van der Waals surface area contributed by atoms with E-state index >= 15 is 0 Å². The Morgan fingerprint density at radius 2 is 1.79 bits per heavy atom. The molecule has 1 amide bonds. The zero-order valence-corrected chi connectivity index (χ0v) is 15.9. The van der Waals surface area contributed by atoms with E-state index in [1.54, 1.807) is 0 Å². The van der Waals surface area contributed by atoms with E-state index < -0.39 is 0 Å². The van der Waals surface area contributed by atoms with Gasteiger partial charge in [-0.3, -0.25) is 4.79 Å². The van der Waals surface area contributed by atoms with Crippen LogP contribution in [-0.2, 0) is 4.79 Å². The van der Waals surface area contributed by atoms with Crippen molar-refractivity contribution < 1.29 is 4.79 Å². The predicted octanol–water partition coefficient (Wildman–Crippen LogP) is 3.10. The average Bonchev–Trinajstić information content (AvgIpc) is 2.87. The number of para-hydroxylation sites is 1. The predicted molar refractivity (Wildman–Crippen MR) is 104 cm³/mol. The molecule has 0 spiro atoms. The number of nitrogens with one attached hydrogen (secondary N) is 2. The summed E-state index contributed by atoms with van der Waals surface area (Å²) in [5, 5.41) is 6.86. The summed E-state index contributed by atoms with van der Waals surface area (Å²) in [6.45, 7) is 6.96. The quantitative estimate of drug-likeness (QED) is 0.851. The fraction of sp³-hybridized carbons (Fsp3) is 0.611. The average molecular weight is 374 g/mol. The van der Waals surface area contributed by atoms with Crippen LogP contribution < -0.4 is 10.6 Å². The lowest BCUT2D eigenvalue weighted by Gasteiger charge is -2.21. The highest BCUT2D eigenvalue weighted by Gasteiger charge is 2.31. The first kappa shape index (κ1) is 21.1. The first-order valence-corrected chi connectivity index (χ1v) is 8.52. The highest BCUT2D eigenvalue weighted by Crippen LogP contribution is 2.27. The van der Waals surface area contributed by atoms with Crippen LogP contribution >= 0.6 is 24.8 Å². The Balaban J connectivity index is 0.00000144. The van der Waals surface area contributed by atoms with Gasteiger partial charge in [-0.05, 0) is 56.3 Å². The van der Waals surface area contributed by atoms with Crippen LogP contribution in [0.3, 0.4) is 0 Å². The minimum Gasteiger partial charge on any atom is -0.384 e. The summed E-state index contributed by atoms with van der Waals surface area (Å²) in [4.78, 5) is 14.5. The number of rotatable bonds is 4. The Morgan fingerprint density at radius 1 is 1.17 bits per heavy atom. The maximum absolute atomic E-state index is 12.4. The zero-order chi connectivity index (χ0) is 15.4. The summed E-state index contributed by atoms with van der Waals surface area (Å²) >= 11 is 0. The maximum atomic E-state index is 12.4. The standard InChI is InChI=1S/C18H27N3O.2ClH/c1-14-4-2-3-5-17(14)20-9-6-18(22)21-10-7-15-12-19-13-16(15)8-11-21;;/h2-5,15-16,19-20H,6-13H2,1H3;2*1H/t15-,16+;;. The second-order valence-corrected chi connectivity index (χ2v) is 6.63. The van der Waals surface area contributed by atoms with Crippen molar-refractivity contribution in [3.63, 3.8) is 0 Å². The number of hydrogen-bond donors (Lipinski definition) is 2. The molecule has 2 aliphatic rings. The van der Waals surface area contributed by atoms with E-state index in [1.807, 2.05) is 12.1 Å². The highest BCUT2D eigenvalue weighted by molar-refractivity contribution is 5.85. The van der Waals surface area contributed by atoms with Crippen molar-refractivity contribution >= 4 is 36.4 Å². The Bertz CT molecular complexity index is 513. The molecule has 1 aromatic rings. The lowest BCUT2D eigenvalue weighted by atomic mass is 9.92. The number of aryl methyl sites for hydroxylation is 1. The molecule has 2 heterocycles. The molecule has 2 saturated heterocycles. The third-order valence-corrected chi connectivity index (χ3v) is 5.17. The van der Waals surface area contributed by atoms with Gasteiger partial charge >= 0.3 is 0 Å². The highest BCUT2D eigenvalue weighted by atomic mass is 35.5. The molecule has 24 heavy (non-hydrogen) atoms. The van der Waals surface area contributed by atoms with Crippen LogP contribution in [0.2, 0.25) is 0 Å². The SMILES string of the molecule is Cc1ccccc1NCCC(=O)N1CC[C@@H]2CNC[C@@H]2CC1.Cl.Cl. The zero-order valence-electron chi connectivity index (χ0n) is 14.3. The van der Waals surface area contributed by atoms with Gasteiger partial charge in [0.1, 0.15) is 0 Å². The molecule has 2 fully saturated rings. The van der Waals surface area contributed by atoms with Crippen LogP contribution in [0.25, 0.3) is 0 Å². The van der Waals surface area contributed by atoms with Gasteiger partial charge in [0.2, 0.25) is 5.91 Å². The van der Waals surface area contributed by atoms with Crippen molar-refractivity contribution in [2.24, 2.45) is 11.8 Å². The van der Waals surface area contributed by atoms with Gasteiger partial charge in [0.25, 0.3) is 0 Å².